The van der Waals surface area contributed by atoms with E-state index in [1.807, 2.05) is 23.5 Å². The molecule has 1 aromatic carbocycles. The maximum Gasteiger partial charge on any atom is 0.134 e. The van der Waals surface area contributed by atoms with E-state index in [4.69, 9.17) is 0 Å². The molecule has 0 N–H and O–H groups in total. The van der Waals surface area contributed by atoms with Gasteiger partial charge in [0.1, 0.15) is 4.71 Å². The average Bonchev–Trinajstić information content (AvgIpc) is 2.86. The first-order valence-corrected chi connectivity index (χ1v) is 6.24. The van der Waals surface area contributed by atoms with Crippen LogP contribution in [0.5, 0.6) is 0 Å². The van der Waals surface area contributed by atoms with Gasteiger partial charge in [0.05, 0.1) is 0 Å². The van der Waals surface area contributed by atoms with Gasteiger partial charge in [-0.05, 0) is 24.3 Å². The molecule has 0 radical (unpaired) electrons. The Kier molecular flexibility index (Phi) is 2.07. The van der Waals surface area contributed by atoms with Gasteiger partial charge >= 0.3 is 0 Å². The normalized spacial score (nSPS) is 15.7. The molecule has 0 unspecified atom stereocenters. The molecule has 0 aliphatic carbocycles. The molecule has 0 amide bonds. The van der Waals surface area contributed by atoms with Crippen LogP contribution in [0.3, 0.4) is 0 Å². The highest BCUT2D eigenvalue weighted by molar-refractivity contribution is 8.18. The second-order valence-corrected chi connectivity index (χ2v) is 5.66. The van der Waals surface area contributed by atoms with Gasteiger partial charge in [0, 0.05) is 22.2 Å². The fraction of sp³-hybridized carbons (Fsp3) is 0.0909. The van der Waals surface area contributed by atoms with Gasteiger partial charge < -0.3 is 4.57 Å². The van der Waals surface area contributed by atoms with Crippen molar-refractivity contribution in [3.8, 4) is 0 Å². The summed E-state index contributed by atoms with van der Waals surface area (Å²) in [7, 11) is 0. The van der Waals surface area contributed by atoms with Crippen LogP contribution in [-0.2, 0) is 0 Å². The molecule has 2 heterocycles. The first-order valence-electron chi connectivity index (χ1n) is 4.48. The Hall–Kier alpha value is -0.800. The summed E-state index contributed by atoms with van der Waals surface area (Å²) in [5, 5.41) is 0. The fourth-order valence-electron chi connectivity index (χ4n) is 1.50. The molecule has 0 bridgehead atoms. The van der Waals surface area contributed by atoms with Crippen molar-refractivity contribution in [2.24, 2.45) is 0 Å². The van der Waals surface area contributed by atoms with E-state index in [1.165, 1.54) is 9.79 Å². The Morgan fingerprint density at radius 1 is 0.857 bits per heavy atom. The van der Waals surface area contributed by atoms with E-state index in [0.29, 0.717) is 4.71 Å². The van der Waals surface area contributed by atoms with Crippen molar-refractivity contribution < 1.29 is 0 Å². The molecule has 3 heteroatoms. The highest BCUT2D eigenvalue weighted by atomic mass is 32.2. The number of aromatic nitrogens is 1. The maximum atomic E-state index is 2.25. The summed E-state index contributed by atoms with van der Waals surface area (Å²) in [4.78, 5) is 2.80. The molecule has 0 saturated heterocycles. The number of hydrogen-bond donors (Lipinski definition) is 0. The number of hydrogen-bond acceptors (Lipinski definition) is 2. The molecular formula is C11H9NS2. The zero-order valence-electron chi connectivity index (χ0n) is 7.46. The minimum atomic E-state index is 0.474. The third-order valence-corrected chi connectivity index (χ3v) is 4.99. The summed E-state index contributed by atoms with van der Waals surface area (Å²) >= 11 is 3.84. The van der Waals surface area contributed by atoms with Gasteiger partial charge in [-0.2, -0.15) is 0 Å². The summed E-state index contributed by atoms with van der Waals surface area (Å²) in [6.45, 7) is 0. The first-order chi connectivity index (χ1) is 6.93. The molecule has 1 aromatic heterocycles. The molecule has 0 fully saturated rings. The Labute approximate surface area is 91.5 Å². The van der Waals surface area contributed by atoms with Crippen molar-refractivity contribution in [2.75, 3.05) is 0 Å². The maximum absolute atomic E-state index is 2.25. The summed E-state index contributed by atoms with van der Waals surface area (Å²) in [5.74, 6) is 0. The third kappa shape index (κ3) is 1.37. The Balaban J connectivity index is 1.92. The lowest BCUT2D eigenvalue weighted by Gasteiger charge is -2.08. The smallest absolute Gasteiger partial charge is 0.134 e. The average molecular weight is 219 g/mol. The lowest BCUT2D eigenvalue weighted by molar-refractivity contribution is 0.887. The third-order valence-electron chi connectivity index (χ3n) is 2.18. The molecule has 1 aliphatic rings. The van der Waals surface area contributed by atoms with Crippen molar-refractivity contribution in [3.05, 3.63) is 48.8 Å². The molecule has 70 valence electrons. The van der Waals surface area contributed by atoms with Gasteiger partial charge in [-0.3, -0.25) is 0 Å². The van der Waals surface area contributed by atoms with Crippen LogP contribution in [0.25, 0.3) is 0 Å². The minimum Gasteiger partial charge on any atom is -0.332 e. The minimum absolute atomic E-state index is 0.474. The van der Waals surface area contributed by atoms with E-state index in [9.17, 15) is 0 Å². The first kappa shape index (κ1) is 8.50. The summed E-state index contributed by atoms with van der Waals surface area (Å²) in [6, 6.07) is 12.7. The monoisotopic (exact) mass is 219 g/mol. The van der Waals surface area contributed by atoms with Crippen LogP contribution in [0.4, 0.5) is 0 Å². The number of benzene rings is 1. The van der Waals surface area contributed by atoms with Crippen molar-refractivity contribution in [3.63, 3.8) is 0 Å². The molecule has 3 rings (SSSR count). The van der Waals surface area contributed by atoms with Gasteiger partial charge in [-0.1, -0.05) is 35.7 Å². The van der Waals surface area contributed by atoms with Gasteiger partial charge in [0.25, 0.3) is 0 Å². The van der Waals surface area contributed by atoms with Crippen LogP contribution < -0.4 is 0 Å². The van der Waals surface area contributed by atoms with Crippen molar-refractivity contribution >= 4 is 23.5 Å². The Bertz CT molecular complexity index is 411. The Morgan fingerprint density at radius 2 is 1.43 bits per heavy atom. The van der Waals surface area contributed by atoms with Crippen molar-refractivity contribution in [1.29, 1.82) is 0 Å². The van der Waals surface area contributed by atoms with E-state index in [-0.39, 0.29) is 0 Å². The number of thioether (sulfide) groups is 2. The van der Waals surface area contributed by atoms with Crippen LogP contribution in [0.1, 0.15) is 4.71 Å². The fourth-order valence-corrected chi connectivity index (χ4v) is 4.24. The van der Waals surface area contributed by atoms with Gasteiger partial charge in [-0.15, -0.1) is 0 Å². The molecule has 0 spiro atoms. The second-order valence-electron chi connectivity index (χ2n) is 3.12. The van der Waals surface area contributed by atoms with Crippen molar-refractivity contribution in [2.45, 2.75) is 14.5 Å². The Morgan fingerprint density at radius 3 is 2.00 bits per heavy atom. The highest BCUT2D eigenvalue weighted by Gasteiger charge is 2.22. The summed E-state index contributed by atoms with van der Waals surface area (Å²) < 4.78 is 2.72. The largest absolute Gasteiger partial charge is 0.332 e. The van der Waals surface area contributed by atoms with Crippen LogP contribution in [0.15, 0.2) is 58.6 Å². The van der Waals surface area contributed by atoms with E-state index in [0.717, 1.165) is 0 Å². The van der Waals surface area contributed by atoms with Crippen molar-refractivity contribution in [1.82, 2.24) is 4.57 Å². The SMILES string of the molecule is c1ccc2c(c1)SC(n1cccc1)S2. The predicted molar refractivity (Wildman–Crippen MR) is 61.6 cm³/mol. The predicted octanol–water partition coefficient (Wildman–Crippen LogP) is 3.84. The molecule has 0 saturated carbocycles. The lowest BCUT2D eigenvalue weighted by Crippen LogP contribution is -1.93. The molecule has 2 aromatic rings. The summed E-state index contributed by atoms with van der Waals surface area (Å²) in [5.41, 5.74) is 0. The topological polar surface area (TPSA) is 4.93 Å². The number of fused-ring (bicyclic) bond motifs is 1. The van der Waals surface area contributed by atoms with Gasteiger partial charge in [0.2, 0.25) is 0 Å². The van der Waals surface area contributed by atoms with E-state index >= 15 is 0 Å². The van der Waals surface area contributed by atoms with Crippen LogP contribution in [0, 0.1) is 0 Å². The molecule has 0 atom stereocenters. The summed E-state index contributed by atoms with van der Waals surface area (Å²) in [6.07, 6.45) is 4.24. The zero-order chi connectivity index (χ0) is 9.38. The second kappa shape index (κ2) is 3.41. The van der Waals surface area contributed by atoms with Crippen LogP contribution >= 0.6 is 23.5 Å². The standard InChI is InChI=1S/C11H9NS2/c1-2-6-10-9(5-1)13-11(14-10)12-7-3-4-8-12/h1-8,11H. The van der Waals surface area contributed by atoms with E-state index < -0.39 is 0 Å². The van der Waals surface area contributed by atoms with Crippen LogP contribution in [-0.4, -0.2) is 4.57 Å². The number of nitrogens with zero attached hydrogens (tertiary/aromatic N) is 1. The van der Waals surface area contributed by atoms with E-state index in [2.05, 4.69) is 53.4 Å². The lowest BCUT2D eigenvalue weighted by atomic mass is 10.4. The van der Waals surface area contributed by atoms with Crippen LogP contribution in [0.2, 0.25) is 0 Å². The molecular weight excluding hydrogens is 210 g/mol. The number of rotatable bonds is 1. The van der Waals surface area contributed by atoms with E-state index in [1.54, 1.807) is 0 Å². The quantitative estimate of drug-likeness (QED) is 0.718. The molecule has 1 aliphatic heterocycles. The molecule has 1 nitrogen and oxygen atoms in total. The van der Waals surface area contributed by atoms with Gasteiger partial charge in [0.15, 0.2) is 0 Å². The molecule has 14 heavy (non-hydrogen) atoms. The highest BCUT2D eigenvalue weighted by Crippen LogP contribution is 2.53. The zero-order valence-corrected chi connectivity index (χ0v) is 9.09. The van der Waals surface area contributed by atoms with Gasteiger partial charge in [-0.25, -0.2) is 0 Å².